The van der Waals surface area contributed by atoms with E-state index in [2.05, 4.69) is 17.4 Å². The monoisotopic (exact) mass is 297 g/mol. The van der Waals surface area contributed by atoms with Gasteiger partial charge < -0.3 is 14.8 Å². The van der Waals surface area contributed by atoms with Crippen LogP contribution in [0.25, 0.3) is 21.7 Å². The van der Waals surface area contributed by atoms with Crippen LogP contribution in [-0.4, -0.2) is 23.7 Å². The first-order chi connectivity index (χ1) is 10.7. The zero-order chi connectivity index (χ0) is 15.5. The van der Waals surface area contributed by atoms with Gasteiger partial charge in [0.05, 0.1) is 19.1 Å². The van der Waals surface area contributed by atoms with Crippen LogP contribution in [0.1, 0.15) is 19.1 Å². The number of furan rings is 1. The number of carbonyl (C=O) groups is 1. The van der Waals surface area contributed by atoms with E-state index < -0.39 is 0 Å². The lowest BCUT2D eigenvalue weighted by Gasteiger charge is -2.12. The molecule has 0 bridgehead atoms. The molecule has 0 fully saturated rings. The molecule has 0 saturated heterocycles. The van der Waals surface area contributed by atoms with Crippen LogP contribution in [0.4, 0.5) is 0 Å². The molecule has 4 nitrogen and oxygen atoms in total. The van der Waals surface area contributed by atoms with Crippen molar-refractivity contribution in [3.05, 3.63) is 48.2 Å². The Bertz CT molecular complexity index is 802. The summed E-state index contributed by atoms with van der Waals surface area (Å²) < 4.78 is 5.77. The lowest BCUT2D eigenvalue weighted by molar-refractivity contribution is -0.121. The first-order valence-electron chi connectivity index (χ1n) is 7.51. The summed E-state index contributed by atoms with van der Waals surface area (Å²) in [6.07, 6.45) is 0.881. The van der Waals surface area contributed by atoms with Crippen molar-refractivity contribution >= 4 is 27.6 Å². The molecule has 3 aromatic rings. The summed E-state index contributed by atoms with van der Waals surface area (Å²) >= 11 is 0. The minimum absolute atomic E-state index is 0.0486. The summed E-state index contributed by atoms with van der Waals surface area (Å²) in [7, 11) is 0. The second-order valence-electron chi connectivity index (χ2n) is 5.44. The maximum Gasteiger partial charge on any atom is 0.227 e. The van der Waals surface area contributed by atoms with Crippen LogP contribution in [0.15, 0.2) is 46.9 Å². The largest absolute Gasteiger partial charge is 0.461 e. The number of rotatable bonds is 5. The van der Waals surface area contributed by atoms with E-state index in [1.807, 2.05) is 37.3 Å². The second-order valence-corrected chi connectivity index (χ2v) is 5.44. The first-order valence-corrected chi connectivity index (χ1v) is 7.51. The maximum absolute atomic E-state index is 12.0. The number of amides is 1. The standard InChI is InChI=1S/C18H19NO3/c1-2-13(11-20)19-18(21)10-14-9-16-15-6-4-3-5-12(15)7-8-17(16)22-14/h3-9,13,20H,2,10-11H2,1H3,(H,19,21). The molecule has 1 aromatic heterocycles. The van der Waals surface area contributed by atoms with E-state index in [1.54, 1.807) is 0 Å². The Hall–Kier alpha value is -2.33. The van der Waals surface area contributed by atoms with E-state index in [1.165, 1.54) is 0 Å². The van der Waals surface area contributed by atoms with Gasteiger partial charge >= 0.3 is 0 Å². The quantitative estimate of drug-likeness (QED) is 0.761. The van der Waals surface area contributed by atoms with Crippen molar-refractivity contribution in [2.24, 2.45) is 0 Å². The van der Waals surface area contributed by atoms with E-state index in [9.17, 15) is 4.79 Å². The average molecular weight is 297 g/mol. The van der Waals surface area contributed by atoms with Gasteiger partial charge in [-0.15, -0.1) is 0 Å². The van der Waals surface area contributed by atoms with Gasteiger partial charge in [-0.05, 0) is 29.3 Å². The van der Waals surface area contributed by atoms with Crippen molar-refractivity contribution in [3.8, 4) is 0 Å². The zero-order valence-electron chi connectivity index (χ0n) is 12.5. The van der Waals surface area contributed by atoms with Crippen LogP contribution in [0.2, 0.25) is 0 Å². The Balaban J connectivity index is 1.86. The van der Waals surface area contributed by atoms with Crippen LogP contribution in [0.5, 0.6) is 0 Å². The highest BCUT2D eigenvalue weighted by atomic mass is 16.3. The fourth-order valence-corrected chi connectivity index (χ4v) is 2.65. The summed E-state index contributed by atoms with van der Waals surface area (Å²) in [5.74, 6) is 0.501. The molecule has 4 heteroatoms. The Morgan fingerprint density at radius 3 is 2.82 bits per heavy atom. The number of benzene rings is 2. The van der Waals surface area contributed by atoms with Crippen molar-refractivity contribution in [3.63, 3.8) is 0 Å². The molecule has 1 amide bonds. The summed E-state index contributed by atoms with van der Waals surface area (Å²) in [6, 6.07) is 13.8. The molecule has 1 unspecified atom stereocenters. The molecular formula is C18H19NO3. The highest BCUT2D eigenvalue weighted by molar-refractivity contribution is 6.06. The third-order valence-electron chi connectivity index (χ3n) is 3.89. The predicted octanol–water partition coefficient (Wildman–Crippen LogP) is 3.02. The number of aliphatic hydroxyl groups excluding tert-OH is 1. The molecule has 2 N–H and O–H groups in total. The molecule has 3 rings (SSSR count). The summed E-state index contributed by atoms with van der Waals surface area (Å²) in [5, 5.41) is 15.2. The van der Waals surface area contributed by atoms with Crippen molar-refractivity contribution < 1.29 is 14.3 Å². The number of hydrogen-bond acceptors (Lipinski definition) is 3. The highest BCUT2D eigenvalue weighted by Crippen LogP contribution is 2.28. The van der Waals surface area contributed by atoms with E-state index in [-0.39, 0.29) is 25.0 Å². The molecule has 1 atom stereocenters. The van der Waals surface area contributed by atoms with Gasteiger partial charge in [-0.2, -0.15) is 0 Å². The Kier molecular flexibility index (Phi) is 4.11. The maximum atomic E-state index is 12.0. The van der Waals surface area contributed by atoms with E-state index in [0.29, 0.717) is 12.2 Å². The van der Waals surface area contributed by atoms with Crippen molar-refractivity contribution in [2.45, 2.75) is 25.8 Å². The van der Waals surface area contributed by atoms with Crippen LogP contribution in [0, 0.1) is 0 Å². The van der Waals surface area contributed by atoms with E-state index >= 15 is 0 Å². The molecular weight excluding hydrogens is 278 g/mol. The molecule has 114 valence electrons. The average Bonchev–Trinajstić information content (AvgIpc) is 2.95. The molecule has 0 spiro atoms. The second kappa shape index (κ2) is 6.20. The van der Waals surface area contributed by atoms with E-state index in [4.69, 9.17) is 9.52 Å². The molecule has 0 radical (unpaired) electrons. The van der Waals surface area contributed by atoms with Crippen molar-refractivity contribution in [1.82, 2.24) is 5.32 Å². The molecule has 0 aliphatic rings. The van der Waals surface area contributed by atoms with Crippen LogP contribution in [-0.2, 0) is 11.2 Å². The van der Waals surface area contributed by atoms with Gasteiger partial charge in [0, 0.05) is 5.39 Å². The van der Waals surface area contributed by atoms with Gasteiger partial charge in [0.25, 0.3) is 0 Å². The first kappa shape index (κ1) is 14.6. The lowest BCUT2D eigenvalue weighted by Crippen LogP contribution is -2.37. The van der Waals surface area contributed by atoms with Crippen LogP contribution < -0.4 is 5.32 Å². The molecule has 1 heterocycles. The van der Waals surface area contributed by atoms with Crippen molar-refractivity contribution in [1.29, 1.82) is 0 Å². The molecule has 22 heavy (non-hydrogen) atoms. The predicted molar refractivity (Wildman–Crippen MR) is 86.7 cm³/mol. The van der Waals surface area contributed by atoms with Crippen LogP contribution >= 0.6 is 0 Å². The highest BCUT2D eigenvalue weighted by Gasteiger charge is 2.13. The number of fused-ring (bicyclic) bond motifs is 3. The van der Waals surface area contributed by atoms with Gasteiger partial charge in [0.15, 0.2) is 0 Å². The fourth-order valence-electron chi connectivity index (χ4n) is 2.65. The lowest BCUT2D eigenvalue weighted by atomic mass is 10.1. The summed E-state index contributed by atoms with van der Waals surface area (Å²) in [5.41, 5.74) is 0.788. The minimum Gasteiger partial charge on any atom is -0.461 e. The Labute approximate surface area is 128 Å². The summed E-state index contributed by atoms with van der Waals surface area (Å²) in [4.78, 5) is 12.0. The van der Waals surface area contributed by atoms with Gasteiger partial charge in [0.2, 0.25) is 5.91 Å². The minimum atomic E-state index is -0.197. The van der Waals surface area contributed by atoms with Crippen LogP contribution in [0.3, 0.4) is 0 Å². The SMILES string of the molecule is CCC(CO)NC(=O)Cc1cc2c(ccc3ccccc32)o1. The van der Waals surface area contributed by atoms with E-state index in [0.717, 1.165) is 21.7 Å². The molecule has 0 aliphatic heterocycles. The van der Waals surface area contributed by atoms with Gasteiger partial charge in [-0.1, -0.05) is 37.3 Å². The fraction of sp³-hybridized carbons (Fsp3) is 0.278. The number of hydrogen-bond donors (Lipinski definition) is 2. The Morgan fingerprint density at radius 1 is 1.23 bits per heavy atom. The third-order valence-corrected chi connectivity index (χ3v) is 3.89. The van der Waals surface area contributed by atoms with Gasteiger partial charge in [0.1, 0.15) is 11.3 Å². The number of carbonyl (C=O) groups excluding carboxylic acids is 1. The smallest absolute Gasteiger partial charge is 0.227 e. The number of aliphatic hydroxyl groups is 1. The topological polar surface area (TPSA) is 62.5 Å². The van der Waals surface area contributed by atoms with Gasteiger partial charge in [-0.25, -0.2) is 0 Å². The third kappa shape index (κ3) is 2.83. The van der Waals surface area contributed by atoms with Crippen molar-refractivity contribution in [2.75, 3.05) is 6.61 Å². The number of nitrogens with one attached hydrogen (secondary N) is 1. The zero-order valence-corrected chi connectivity index (χ0v) is 12.5. The summed E-state index contributed by atoms with van der Waals surface area (Å²) in [6.45, 7) is 1.88. The Morgan fingerprint density at radius 2 is 2.05 bits per heavy atom. The van der Waals surface area contributed by atoms with Gasteiger partial charge in [-0.3, -0.25) is 4.79 Å². The molecule has 0 aliphatic carbocycles. The molecule has 0 saturated carbocycles. The normalized spacial score (nSPS) is 12.6. The molecule has 2 aromatic carbocycles.